The SMILES string of the molecule is NC(=O)[C@H](Cc1ccccc1Cl)NC(=O)c1ccc(F)c(F)c1. The van der Waals surface area contributed by atoms with Gasteiger partial charge in [-0.15, -0.1) is 0 Å². The van der Waals surface area contributed by atoms with Crippen LogP contribution < -0.4 is 11.1 Å². The normalized spacial score (nSPS) is 11.8. The van der Waals surface area contributed by atoms with Gasteiger partial charge in [-0.3, -0.25) is 9.59 Å². The molecule has 0 radical (unpaired) electrons. The van der Waals surface area contributed by atoms with E-state index in [4.69, 9.17) is 17.3 Å². The van der Waals surface area contributed by atoms with Gasteiger partial charge in [0.25, 0.3) is 5.91 Å². The van der Waals surface area contributed by atoms with Crippen molar-refractivity contribution >= 4 is 23.4 Å². The first-order valence-electron chi connectivity index (χ1n) is 6.67. The highest BCUT2D eigenvalue weighted by molar-refractivity contribution is 6.31. The summed E-state index contributed by atoms with van der Waals surface area (Å²) in [6.07, 6.45) is 0.0877. The molecule has 120 valence electrons. The minimum Gasteiger partial charge on any atom is -0.368 e. The van der Waals surface area contributed by atoms with Crippen LogP contribution in [-0.2, 0) is 11.2 Å². The van der Waals surface area contributed by atoms with Crippen molar-refractivity contribution in [2.75, 3.05) is 0 Å². The molecule has 4 nitrogen and oxygen atoms in total. The quantitative estimate of drug-likeness (QED) is 0.879. The Morgan fingerprint density at radius 3 is 2.43 bits per heavy atom. The average molecular weight is 339 g/mol. The summed E-state index contributed by atoms with van der Waals surface area (Å²) < 4.78 is 26.1. The Labute approximate surface area is 136 Å². The Kier molecular flexibility index (Phi) is 5.28. The smallest absolute Gasteiger partial charge is 0.252 e. The number of primary amides is 1. The number of carbonyl (C=O) groups excluding carboxylic acids is 2. The van der Waals surface area contributed by atoms with E-state index < -0.39 is 29.5 Å². The summed E-state index contributed by atoms with van der Waals surface area (Å²) in [7, 11) is 0. The zero-order valence-corrected chi connectivity index (χ0v) is 12.6. The minimum absolute atomic E-state index is 0.0877. The lowest BCUT2D eigenvalue weighted by atomic mass is 10.0. The Hall–Kier alpha value is -2.47. The Bertz CT molecular complexity index is 753. The zero-order valence-electron chi connectivity index (χ0n) is 11.9. The van der Waals surface area contributed by atoms with Gasteiger partial charge in [-0.1, -0.05) is 29.8 Å². The van der Waals surface area contributed by atoms with E-state index in [1.807, 2.05) is 0 Å². The summed E-state index contributed by atoms with van der Waals surface area (Å²) >= 11 is 6.01. The van der Waals surface area contributed by atoms with Crippen LogP contribution in [-0.4, -0.2) is 17.9 Å². The van der Waals surface area contributed by atoms with Gasteiger partial charge in [0.1, 0.15) is 6.04 Å². The maximum atomic E-state index is 13.2. The first-order chi connectivity index (χ1) is 10.9. The van der Waals surface area contributed by atoms with E-state index in [9.17, 15) is 18.4 Å². The van der Waals surface area contributed by atoms with Crippen molar-refractivity contribution in [2.24, 2.45) is 5.73 Å². The van der Waals surface area contributed by atoms with Gasteiger partial charge in [-0.05, 0) is 29.8 Å². The number of hydrogen-bond donors (Lipinski definition) is 2. The second-order valence-electron chi connectivity index (χ2n) is 4.85. The van der Waals surface area contributed by atoms with Crippen LogP contribution in [0.5, 0.6) is 0 Å². The fourth-order valence-electron chi connectivity index (χ4n) is 1.99. The standard InChI is InChI=1S/C16H13ClF2N2O2/c17-11-4-2-1-3-9(11)8-14(15(20)22)21-16(23)10-5-6-12(18)13(19)7-10/h1-7,14H,8H2,(H2,20,22)(H,21,23)/t14-/m0/s1. The molecule has 0 unspecified atom stereocenters. The molecule has 2 rings (SSSR count). The van der Waals surface area contributed by atoms with Crippen molar-refractivity contribution in [1.29, 1.82) is 0 Å². The fourth-order valence-corrected chi connectivity index (χ4v) is 2.20. The fraction of sp³-hybridized carbons (Fsp3) is 0.125. The number of nitrogens with one attached hydrogen (secondary N) is 1. The third kappa shape index (κ3) is 4.26. The van der Waals surface area contributed by atoms with E-state index in [1.165, 1.54) is 0 Å². The molecule has 0 heterocycles. The molecule has 2 amide bonds. The Balaban J connectivity index is 2.16. The zero-order chi connectivity index (χ0) is 17.0. The molecule has 7 heteroatoms. The number of nitrogens with two attached hydrogens (primary N) is 1. The molecule has 23 heavy (non-hydrogen) atoms. The van der Waals surface area contributed by atoms with Gasteiger partial charge < -0.3 is 11.1 Å². The Morgan fingerprint density at radius 1 is 1.13 bits per heavy atom. The van der Waals surface area contributed by atoms with E-state index in [0.717, 1.165) is 18.2 Å². The van der Waals surface area contributed by atoms with Gasteiger partial charge in [0, 0.05) is 17.0 Å². The molecule has 2 aromatic carbocycles. The number of hydrogen-bond acceptors (Lipinski definition) is 2. The Morgan fingerprint density at radius 2 is 1.83 bits per heavy atom. The summed E-state index contributed by atoms with van der Waals surface area (Å²) in [4.78, 5) is 23.6. The number of rotatable bonds is 5. The lowest BCUT2D eigenvalue weighted by Gasteiger charge is -2.16. The highest BCUT2D eigenvalue weighted by Crippen LogP contribution is 2.17. The van der Waals surface area contributed by atoms with E-state index in [1.54, 1.807) is 24.3 Å². The van der Waals surface area contributed by atoms with E-state index in [0.29, 0.717) is 10.6 Å². The molecule has 3 N–H and O–H groups in total. The second-order valence-corrected chi connectivity index (χ2v) is 5.26. The third-order valence-electron chi connectivity index (χ3n) is 3.21. The number of amides is 2. The number of benzene rings is 2. The van der Waals surface area contributed by atoms with E-state index in [-0.39, 0.29) is 12.0 Å². The van der Waals surface area contributed by atoms with Crippen LogP contribution in [0.3, 0.4) is 0 Å². The predicted octanol–water partition coefficient (Wildman–Crippen LogP) is 2.44. The molecule has 0 aliphatic rings. The van der Waals surface area contributed by atoms with Gasteiger partial charge in [0.15, 0.2) is 11.6 Å². The molecule has 0 bridgehead atoms. The topological polar surface area (TPSA) is 72.2 Å². The lowest BCUT2D eigenvalue weighted by Crippen LogP contribution is -2.45. The highest BCUT2D eigenvalue weighted by Gasteiger charge is 2.21. The summed E-state index contributed by atoms with van der Waals surface area (Å²) in [5, 5.41) is 2.83. The molecule has 0 aliphatic carbocycles. The average Bonchev–Trinajstić information content (AvgIpc) is 2.51. The van der Waals surface area contributed by atoms with Crippen molar-refractivity contribution in [3.8, 4) is 0 Å². The molecule has 0 aliphatic heterocycles. The molecule has 0 saturated carbocycles. The molecular weight excluding hydrogens is 326 g/mol. The first-order valence-corrected chi connectivity index (χ1v) is 7.05. The molecule has 1 atom stereocenters. The van der Waals surface area contributed by atoms with Crippen LogP contribution in [0.15, 0.2) is 42.5 Å². The summed E-state index contributed by atoms with van der Waals surface area (Å²) in [6, 6.07) is 8.46. The maximum absolute atomic E-state index is 13.2. The predicted molar refractivity (Wildman–Crippen MR) is 82.0 cm³/mol. The summed E-state index contributed by atoms with van der Waals surface area (Å²) in [6.45, 7) is 0. The van der Waals surface area contributed by atoms with E-state index >= 15 is 0 Å². The third-order valence-corrected chi connectivity index (χ3v) is 3.58. The maximum Gasteiger partial charge on any atom is 0.252 e. The molecular formula is C16H13ClF2N2O2. The van der Waals surface area contributed by atoms with Gasteiger partial charge >= 0.3 is 0 Å². The lowest BCUT2D eigenvalue weighted by molar-refractivity contribution is -0.119. The van der Waals surface area contributed by atoms with Crippen molar-refractivity contribution in [3.63, 3.8) is 0 Å². The van der Waals surface area contributed by atoms with Crippen LogP contribution in [0.2, 0.25) is 5.02 Å². The summed E-state index contributed by atoms with van der Waals surface area (Å²) in [5.74, 6) is -3.72. The van der Waals surface area contributed by atoms with Gasteiger partial charge in [0.2, 0.25) is 5.91 Å². The van der Waals surface area contributed by atoms with Crippen molar-refractivity contribution < 1.29 is 18.4 Å². The van der Waals surface area contributed by atoms with Crippen LogP contribution in [0.1, 0.15) is 15.9 Å². The molecule has 2 aromatic rings. The largest absolute Gasteiger partial charge is 0.368 e. The van der Waals surface area contributed by atoms with Gasteiger partial charge in [0.05, 0.1) is 0 Å². The van der Waals surface area contributed by atoms with E-state index in [2.05, 4.69) is 5.32 Å². The highest BCUT2D eigenvalue weighted by atomic mass is 35.5. The van der Waals surface area contributed by atoms with Gasteiger partial charge in [-0.25, -0.2) is 8.78 Å². The molecule has 0 aromatic heterocycles. The molecule has 0 fully saturated rings. The first kappa shape index (κ1) is 16.9. The van der Waals surface area contributed by atoms with Crippen LogP contribution in [0, 0.1) is 11.6 Å². The van der Waals surface area contributed by atoms with Crippen molar-refractivity contribution in [2.45, 2.75) is 12.5 Å². The minimum atomic E-state index is -1.15. The van der Waals surface area contributed by atoms with Crippen molar-refractivity contribution in [1.82, 2.24) is 5.32 Å². The van der Waals surface area contributed by atoms with Crippen LogP contribution >= 0.6 is 11.6 Å². The monoisotopic (exact) mass is 338 g/mol. The van der Waals surface area contributed by atoms with Gasteiger partial charge in [-0.2, -0.15) is 0 Å². The molecule has 0 saturated heterocycles. The molecule has 0 spiro atoms. The second kappa shape index (κ2) is 7.19. The number of halogens is 3. The summed E-state index contributed by atoms with van der Waals surface area (Å²) in [5.41, 5.74) is 5.80. The number of carbonyl (C=O) groups is 2. The van der Waals surface area contributed by atoms with Crippen LogP contribution in [0.25, 0.3) is 0 Å². The van der Waals surface area contributed by atoms with Crippen molar-refractivity contribution in [3.05, 3.63) is 70.2 Å². The van der Waals surface area contributed by atoms with Crippen LogP contribution in [0.4, 0.5) is 8.78 Å².